The lowest BCUT2D eigenvalue weighted by molar-refractivity contribution is -0.384. The molecule has 0 spiro atoms. The Morgan fingerprint density at radius 1 is 1.47 bits per heavy atom. The number of benzene rings is 1. The van der Waals surface area contributed by atoms with E-state index in [9.17, 15) is 15.2 Å². The molecule has 0 bridgehead atoms. The maximum absolute atomic E-state index is 11.0. The van der Waals surface area contributed by atoms with Crippen molar-refractivity contribution in [2.75, 3.05) is 11.9 Å². The number of hydrogen-bond donors (Lipinski definition) is 2. The molecule has 0 fully saturated rings. The summed E-state index contributed by atoms with van der Waals surface area (Å²) in [5, 5.41) is 24.3. The molecule has 0 saturated heterocycles. The third kappa shape index (κ3) is 2.79. The number of nitrogens with one attached hydrogen (secondary N) is 1. The van der Waals surface area contributed by atoms with Crippen molar-refractivity contribution < 1.29 is 10.0 Å². The third-order valence-corrected chi connectivity index (χ3v) is 2.94. The number of rotatable bonds is 5. The zero-order valence-corrected chi connectivity index (χ0v) is 10.5. The molecule has 0 amide bonds. The molecule has 19 heavy (non-hydrogen) atoms. The molecule has 1 heterocycles. The second kappa shape index (κ2) is 5.62. The highest BCUT2D eigenvalue weighted by Crippen LogP contribution is 2.31. The van der Waals surface area contributed by atoms with Crippen molar-refractivity contribution in [1.82, 2.24) is 4.98 Å². The lowest BCUT2D eigenvalue weighted by Crippen LogP contribution is -2.19. The van der Waals surface area contributed by atoms with Gasteiger partial charge in [0.25, 0.3) is 0 Å². The molecule has 2 aromatic rings. The molecular formula is C13H15N3O3. The quantitative estimate of drug-likeness (QED) is 0.637. The number of nitro groups is 1. The van der Waals surface area contributed by atoms with Crippen LogP contribution >= 0.6 is 0 Å². The number of fused-ring (bicyclic) bond motifs is 1. The van der Waals surface area contributed by atoms with Crippen LogP contribution < -0.4 is 5.32 Å². The molecule has 1 aromatic heterocycles. The molecule has 2 rings (SSSR count). The number of aliphatic hydroxyl groups excluding tert-OH is 1. The highest BCUT2D eigenvalue weighted by atomic mass is 16.6. The fraction of sp³-hybridized carbons (Fsp3) is 0.308. The smallest absolute Gasteiger partial charge is 0.311 e. The Labute approximate surface area is 110 Å². The first-order valence-electron chi connectivity index (χ1n) is 6.07. The molecule has 1 unspecified atom stereocenters. The van der Waals surface area contributed by atoms with E-state index in [0.717, 1.165) is 0 Å². The number of hydrogen-bond acceptors (Lipinski definition) is 5. The minimum Gasteiger partial charge on any atom is -0.391 e. The van der Waals surface area contributed by atoms with Gasteiger partial charge < -0.3 is 10.4 Å². The van der Waals surface area contributed by atoms with Crippen molar-refractivity contribution >= 4 is 22.3 Å². The van der Waals surface area contributed by atoms with Crippen LogP contribution in [0.3, 0.4) is 0 Å². The Bertz CT molecular complexity index is 601. The second-order valence-electron chi connectivity index (χ2n) is 4.24. The number of aromatic nitrogens is 1. The molecule has 1 aromatic carbocycles. The van der Waals surface area contributed by atoms with E-state index in [2.05, 4.69) is 10.3 Å². The molecule has 6 heteroatoms. The zero-order chi connectivity index (χ0) is 13.8. The summed E-state index contributed by atoms with van der Waals surface area (Å²) in [5.41, 5.74) is 1.01. The molecule has 0 saturated carbocycles. The van der Waals surface area contributed by atoms with Gasteiger partial charge in [-0.25, -0.2) is 4.98 Å². The van der Waals surface area contributed by atoms with Gasteiger partial charge in [-0.05, 0) is 12.5 Å². The summed E-state index contributed by atoms with van der Waals surface area (Å²) in [6.07, 6.45) is 1.29. The van der Waals surface area contributed by atoms with Crippen LogP contribution in [0.4, 0.5) is 11.4 Å². The number of nitrogens with zero attached hydrogens (tertiary/aromatic N) is 2. The fourth-order valence-electron chi connectivity index (χ4n) is 1.82. The summed E-state index contributed by atoms with van der Waals surface area (Å²) in [5.74, 6) is 0. The maximum atomic E-state index is 11.0. The molecule has 0 aliphatic carbocycles. The van der Waals surface area contributed by atoms with Crippen molar-refractivity contribution in [1.29, 1.82) is 0 Å². The number of aliphatic hydroxyl groups is 1. The van der Waals surface area contributed by atoms with Crippen molar-refractivity contribution in [2.45, 2.75) is 19.4 Å². The lowest BCUT2D eigenvalue weighted by Gasteiger charge is -2.12. The molecule has 0 radical (unpaired) electrons. The summed E-state index contributed by atoms with van der Waals surface area (Å²) in [6.45, 7) is 2.12. The van der Waals surface area contributed by atoms with Crippen molar-refractivity contribution in [3.63, 3.8) is 0 Å². The minimum atomic E-state index is -0.536. The molecular weight excluding hydrogens is 246 g/mol. The van der Waals surface area contributed by atoms with Gasteiger partial charge in [0, 0.05) is 11.9 Å². The number of para-hydroxylation sites is 1. The zero-order valence-electron chi connectivity index (χ0n) is 10.5. The second-order valence-corrected chi connectivity index (χ2v) is 4.24. The molecule has 0 aliphatic heterocycles. The predicted molar refractivity (Wildman–Crippen MR) is 73.2 cm³/mol. The van der Waals surface area contributed by atoms with Crippen LogP contribution in [0.1, 0.15) is 13.3 Å². The standard InChI is InChI=1S/C13H15N3O3/c1-2-9(17)7-15-13-10-5-3-4-6-11(10)14-8-12(13)16(18)19/h3-6,8-9,17H,2,7H2,1H3,(H,14,15). The van der Waals surface area contributed by atoms with E-state index in [-0.39, 0.29) is 12.2 Å². The van der Waals surface area contributed by atoms with Gasteiger partial charge in [-0.3, -0.25) is 10.1 Å². The Morgan fingerprint density at radius 3 is 2.89 bits per heavy atom. The molecule has 100 valence electrons. The highest BCUT2D eigenvalue weighted by molar-refractivity contribution is 5.95. The number of pyridine rings is 1. The van der Waals surface area contributed by atoms with Gasteiger partial charge in [-0.1, -0.05) is 25.1 Å². The predicted octanol–water partition coefficient (Wildman–Crippen LogP) is 2.33. The lowest BCUT2D eigenvalue weighted by atomic mass is 10.1. The summed E-state index contributed by atoms with van der Waals surface area (Å²) < 4.78 is 0. The molecule has 1 atom stereocenters. The Hall–Kier alpha value is -2.21. The summed E-state index contributed by atoms with van der Waals surface area (Å²) in [7, 11) is 0. The van der Waals surface area contributed by atoms with Gasteiger partial charge in [0.2, 0.25) is 0 Å². The van der Waals surface area contributed by atoms with Gasteiger partial charge in [-0.2, -0.15) is 0 Å². The van der Waals surface area contributed by atoms with Crippen molar-refractivity contribution in [3.05, 3.63) is 40.6 Å². The Balaban J connectivity index is 2.46. The largest absolute Gasteiger partial charge is 0.391 e. The van der Waals surface area contributed by atoms with E-state index >= 15 is 0 Å². The highest BCUT2D eigenvalue weighted by Gasteiger charge is 2.18. The van der Waals surface area contributed by atoms with E-state index in [1.807, 2.05) is 13.0 Å². The average Bonchev–Trinajstić information content (AvgIpc) is 2.43. The Kier molecular flexibility index (Phi) is 3.91. The molecule has 6 nitrogen and oxygen atoms in total. The summed E-state index contributed by atoms with van der Waals surface area (Å²) in [6, 6.07) is 7.19. The van der Waals surface area contributed by atoms with Gasteiger partial charge in [0.15, 0.2) is 0 Å². The van der Waals surface area contributed by atoms with E-state index in [1.165, 1.54) is 6.20 Å². The first kappa shape index (κ1) is 13.2. The van der Waals surface area contributed by atoms with E-state index < -0.39 is 11.0 Å². The topological polar surface area (TPSA) is 88.3 Å². The first-order chi connectivity index (χ1) is 9.13. The monoisotopic (exact) mass is 261 g/mol. The van der Waals surface area contributed by atoms with E-state index in [0.29, 0.717) is 23.0 Å². The third-order valence-electron chi connectivity index (χ3n) is 2.94. The first-order valence-corrected chi connectivity index (χ1v) is 6.07. The average molecular weight is 261 g/mol. The van der Waals surface area contributed by atoms with Crippen LogP contribution in [0, 0.1) is 10.1 Å². The van der Waals surface area contributed by atoms with Crippen LogP contribution in [0.2, 0.25) is 0 Å². The summed E-state index contributed by atoms with van der Waals surface area (Å²) in [4.78, 5) is 14.6. The Morgan fingerprint density at radius 2 is 2.21 bits per heavy atom. The van der Waals surface area contributed by atoms with Crippen LogP contribution in [-0.4, -0.2) is 27.7 Å². The van der Waals surface area contributed by atoms with Gasteiger partial charge >= 0.3 is 5.69 Å². The minimum absolute atomic E-state index is 0.0815. The van der Waals surface area contributed by atoms with E-state index in [4.69, 9.17) is 0 Å². The van der Waals surface area contributed by atoms with Crippen molar-refractivity contribution in [3.8, 4) is 0 Å². The van der Waals surface area contributed by atoms with Crippen LogP contribution in [0.15, 0.2) is 30.5 Å². The number of anilines is 1. The van der Waals surface area contributed by atoms with Crippen LogP contribution in [-0.2, 0) is 0 Å². The summed E-state index contributed by atoms with van der Waals surface area (Å²) >= 11 is 0. The molecule has 0 aliphatic rings. The van der Waals surface area contributed by atoms with Crippen molar-refractivity contribution in [2.24, 2.45) is 0 Å². The fourth-order valence-corrected chi connectivity index (χ4v) is 1.82. The molecule has 2 N–H and O–H groups in total. The normalized spacial score (nSPS) is 12.3. The van der Waals surface area contributed by atoms with E-state index in [1.54, 1.807) is 18.2 Å². The maximum Gasteiger partial charge on any atom is 0.311 e. The van der Waals surface area contributed by atoms with Gasteiger partial charge in [0.05, 0.1) is 16.5 Å². The van der Waals surface area contributed by atoms with Crippen LogP contribution in [0.5, 0.6) is 0 Å². The van der Waals surface area contributed by atoms with Gasteiger partial charge in [0.1, 0.15) is 11.9 Å². The van der Waals surface area contributed by atoms with Crippen LogP contribution in [0.25, 0.3) is 10.9 Å². The SMILES string of the molecule is CCC(O)CNc1c([N+](=O)[O-])cnc2ccccc12. The van der Waals surface area contributed by atoms with Gasteiger partial charge in [-0.15, -0.1) is 0 Å².